The number of anilines is 1. The summed E-state index contributed by atoms with van der Waals surface area (Å²) < 4.78 is 10.3. The molecule has 4 aliphatic rings. The molecule has 0 spiro atoms. The van der Waals surface area contributed by atoms with Crippen LogP contribution in [0.3, 0.4) is 0 Å². The molecule has 238 valence electrons. The fourth-order valence-corrected chi connectivity index (χ4v) is 7.11. The first-order valence-corrected chi connectivity index (χ1v) is 16.0. The van der Waals surface area contributed by atoms with Gasteiger partial charge in [0.2, 0.25) is 11.8 Å². The van der Waals surface area contributed by atoms with E-state index in [0.717, 1.165) is 22.3 Å². The molecule has 3 aromatic carbocycles. The molecule has 0 saturated carbocycles. The number of amides is 3. The first-order valence-electron chi connectivity index (χ1n) is 16.0. The lowest BCUT2D eigenvalue weighted by Crippen LogP contribution is -2.41. The van der Waals surface area contributed by atoms with Gasteiger partial charge in [-0.15, -0.1) is 0 Å². The van der Waals surface area contributed by atoms with E-state index in [2.05, 4.69) is 29.6 Å². The van der Waals surface area contributed by atoms with Crippen LogP contribution in [0.2, 0.25) is 0 Å². The standard InChI is InChI=1S/C37H38N2O7/c1-22(2)20-46-37(44)23-15-17-24(18-16-23)38-29(40)21-45-30(41)14-4-3-9-19-39-35(42)33-31-25-10-5-6-11-26(25)32(34(33)36(39)43)28-13-8-7-12-27(28)31/h5-8,10-13,15-18,22,31-34H,3-4,9,14,19-21H2,1-2H3,(H,38,40)/t31?,32?,33-,34+. The van der Waals surface area contributed by atoms with Crippen molar-refractivity contribution < 1.29 is 33.4 Å². The van der Waals surface area contributed by atoms with Gasteiger partial charge in [-0.05, 0) is 65.3 Å². The second kappa shape index (κ2) is 13.3. The minimum atomic E-state index is -0.496. The number of ether oxygens (including phenoxy) is 2. The second-order valence-electron chi connectivity index (χ2n) is 12.7. The Hall–Kier alpha value is -4.79. The number of likely N-dealkylation sites (tertiary alicyclic amines) is 1. The molecule has 3 aliphatic carbocycles. The normalized spacial score (nSPS) is 20.6. The van der Waals surface area contributed by atoms with E-state index >= 15 is 0 Å². The molecule has 0 radical (unpaired) electrons. The van der Waals surface area contributed by atoms with Crippen molar-refractivity contribution in [3.05, 3.63) is 101 Å². The second-order valence-corrected chi connectivity index (χ2v) is 12.7. The fraction of sp³-hybridized carbons (Fsp3) is 0.378. The molecule has 1 heterocycles. The molecular formula is C37H38N2O7. The Bertz CT molecular complexity index is 1550. The lowest BCUT2D eigenvalue weighted by molar-refractivity contribution is -0.147. The van der Waals surface area contributed by atoms with Gasteiger partial charge in [0.05, 0.1) is 24.0 Å². The number of esters is 2. The zero-order chi connectivity index (χ0) is 32.4. The predicted molar refractivity (Wildman–Crippen MR) is 170 cm³/mol. The van der Waals surface area contributed by atoms with Crippen LogP contribution >= 0.6 is 0 Å². The quantitative estimate of drug-likeness (QED) is 0.162. The number of hydrogen-bond donors (Lipinski definition) is 1. The third-order valence-electron chi connectivity index (χ3n) is 9.12. The van der Waals surface area contributed by atoms with E-state index in [1.807, 2.05) is 38.1 Å². The lowest BCUT2D eigenvalue weighted by Gasteiger charge is -2.45. The van der Waals surface area contributed by atoms with E-state index in [-0.39, 0.29) is 47.8 Å². The third-order valence-corrected chi connectivity index (χ3v) is 9.12. The van der Waals surface area contributed by atoms with Gasteiger partial charge in [-0.2, -0.15) is 0 Å². The van der Waals surface area contributed by atoms with Crippen molar-refractivity contribution in [2.75, 3.05) is 25.1 Å². The van der Waals surface area contributed by atoms with Crippen molar-refractivity contribution in [3.63, 3.8) is 0 Å². The van der Waals surface area contributed by atoms with Gasteiger partial charge >= 0.3 is 11.9 Å². The van der Waals surface area contributed by atoms with Gasteiger partial charge in [-0.25, -0.2) is 4.79 Å². The highest BCUT2D eigenvalue weighted by Crippen LogP contribution is 2.60. The van der Waals surface area contributed by atoms with Crippen molar-refractivity contribution in [3.8, 4) is 0 Å². The monoisotopic (exact) mass is 622 g/mol. The Kier molecular flexibility index (Phi) is 9.01. The van der Waals surface area contributed by atoms with E-state index in [0.29, 0.717) is 43.7 Å². The van der Waals surface area contributed by atoms with E-state index in [1.54, 1.807) is 24.3 Å². The molecule has 7 rings (SSSR count). The van der Waals surface area contributed by atoms with Crippen LogP contribution in [0.5, 0.6) is 0 Å². The Morgan fingerprint density at radius 2 is 1.28 bits per heavy atom. The summed E-state index contributed by atoms with van der Waals surface area (Å²) in [5.74, 6) is -2.38. The van der Waals surface area contributed by atoms with Crippen molar-refractivity contribution in [1.82, 2.24) is 4.90 Å². The highest BCUT2D eigenvalue weighted by atomic mass is 16.5. The van der Waals surface area contributed by atoms with E-state index < -0.39 is 24.5 Å². The van der Waals surface area contributed by atoms with Crippen LogP contribution in [0.4, 0.5) is 5.69 Å². The number of nitrogens with zero attached hydrogens (tertiary/aromatic N) is 1. The molecule has 3 amide bonds. The summed E-state index contributed by atoms with van der Waals surface area (Å²) in [4.78, 5) is 65.3. The van der Waals surface area contributed by atoms with Crippen LogP contribution in [0.1, 0.15) is 84.0 Å². The average Bonchev–Trinajstić information content (AvgIpc) is 3.32. The van der Waals surface area contributed by atoms with Gasteiger partial charge in [-0.3, -0.25) is 24.1 Å². The molecule has 1 aliphatic heterocycles. The molecule has 1 saturated heterocycles. The highest BCUT2D eigenvalue weighted by molar-refractivity contribution is 6.07. The Labute approximate surface area is 268 Å². The summed E-state index contributed by atoms with van der Waals surface area (Å²) in [5.41, 5.74) is 5.46. The van der Waals surface area contributed by atoms with Crippen LogP contribution < -0.4 is 5.32 Å². The first kappa shape index (κ1) is 31.2. The van der Waals surface area contributed by atoms with Gasteiger partial charge in [-0.1, -0.05) is 68.8 Å². The number of nitrogens with one attached hydrogen (secondary N) is 1. The zero-order valence-corrected chi connectivity index (χ0v) is 26.1. The molecule has 3 aromatic rings. The van der Waals surface area contributed by atoms with Gasteiger partial charge < -0.3 is 14.8 Å². The van der Waals surface area contributed by atoms with E-state index in [4.69, 9.17) is 9.47 Å². The third kappa shape index (κ3) is 6.06. The summed E-state index contributed by atoms with van der Waals surface area (Å²) in [6, 6.07) is 22.7. The highest BCUT2D eigenvalue weighted by Gasteiger charge is 2.61. The number of hydrogen-bond acceptors (Lipinski definition) is 7. The molecule has 9 heteroatoms. The van der Waals surface area contributed by atoms with Crippen molar-refractivity contribution in [2.45, 2.75) is 51.4 Å². The summed E-state index contributed by atoms with van der Waals surface area (Å²) in [6.07, 6.45) is 1.86. The van der Waals surface area contributed by atoms with Crippen molar-refractivity contribution >= 4 is 35.3 Å². The molecule has 0 aromatic heterocycles. The number of carbonyl (C=O) groups is 5. The van der Waals surface area contributed by atoms with Crippen molar-refractivity contribution in [1.29, 1.82) is 0 Å². The molecule has 1 fully saturated rings. The summed E-state index contributed by atoms with van der Waals surface area (Å²) in [6.45, 7) is 4.12. The van der Waals surface area contributed by atoms with Crippen LogP contribution in [0.15, 0.2) is 72.8 Å². The number of benzene rings is 3. The molecular weight excluding hydrogens is 584 g/mol. The van der Waals surface area contributed by atoms with Gasteiger partial charge in [0.25, 0.3) is 5.91 Å². The summed E-state index contributed by atoms with van der Waals surface area (Å²) in [5, 5.41) is 2.64. The largest absolute Gasteiger partial charge is 0.462 e. The number of carbonyl (C=O) groups excluding carboxylic acids is 5. The Morgan fingerprint density at radius 1 is 0.739 bits per heavy atom. The van der Waals surface area contributed by atoms with Crippen LogP contribution in [0, 0.1) is 17.8 Å². The minimum absolute atomic E-state index is 0.0971. The van der Waals surface area contributed by atoms with Gasteiger partial charge in [0.1, 0.15) is 0 Å². The first-order chi connectivity index (χ1) is 22.2. The fourth-order valence-electron chi connectivity index (χ4n) is 7.11. The Balaban J connectivity index is 0.935. The molecule has 2 atom stereocenters. The van der Waals surface area contributed by atoms with Gasteiger partial charge in [0, 0.05) is 30.5 Å². The SMILES string of the molecule is CC(C)COC(=O)c1ccc(NC(=O)COC(=O)CCCCCN2C(=O)[C@@H]3C4c5ccccc5C(c5ccccc54)[C@@H]3C2=O)cc1. The number of rotatable bonds is 12. The minimum Gasteiger partial charge on any atom is -0.462 e. The van der Waals surface area contributed by atoms with E-state index in [9.17, 15) is 24.0 Å². The van der Waals surface area contributed by atoms with Crippen molar-refractivity contribution in [2.24, 2.45) is 17.8 Å². The topological polar surface area (TPSA) is 119 Å². The predicted octanol–water partition coefficient (Wildman–Crippen LogP) is 5.43. The number of unbranched alkanes of at least 4 members (excludes halogenated alkanes) is 2. The molecule has 2 bridgehead atoms. The smallest absolute Gasteiger partial charge is 0.338 e. The molecule has 1 N–H and O–H groups in total. The van der Waals surface area contributed by atoms with Crippen LogP contribution in [-0.2, 0) is 28.7 Å². The maximum absolute atomic E-state index is 13.7. The van der Waals surface area contributed by atoms with E-state index in [1.165, 1.54) is 4.90 Å². The molecule has 9 nitrogen and oxygen atoms in total. The average molecular weight is 623 g/mol. The Morgan fingerprint density at radius 3 is 1.80 bits per heavy atom. The lowest BCUT2D eigenvalue weighted by atomic mass is 9.55. The van der Waals surface area contributed by atoms with Gasteiger partial charge in [0.15, 0.2) is 6.61 Å². The zero-order valence-electron chi connectivity index (χ0n) is 26.1. The maximum atomic E-state index is 13.7. The molecule has 46 heavy (non-hydrogen) atoms. The summed E-state index contributed by atoms with van der Waals surface area (Å²) >= 11 is 0. The number of imide groups is 1. The summed E-state index contributed by atoms with van der Waals surface area (Å²) in [7, 11) is 0. The molecule has 0 unspecified atom stereocenters. The maximum Gasteiger partial charge on any atom is 0.338 e. The van der Waals surface area contributed by atoms with Crippen LogP contribution in [-0.4, -0.2) is 54.3 Å². The van der Waals surface area contributed by atoms with Crippen LogP contribution in [0.25, 0.3) is 0 Å².